The van der Waals surface area contributed by atoms with Crippen molar-refractivity contribution in [2.45, 2.75) is 18.9 Å². The Morgan fingerprint density at radius 3 is 2.21 bits per heavy atom. The van der Waals surface area contributed by atoms with Crippen LogP contribution in [0.1, 0.15) is 12.8 Å². The highest BCUT2D eigenvalue weighted by Gasteiger charge is 2.19. The average molecular weight is 268 g/mol. The number of aliphatic carboxylic acids is 2. The fourth-order valence-electron chi connectivity index (χ4n) is 0.758. The highest BCUT2D eigenvalue weighted by Crippen LogP contribution is 1.98. The molecule has 0 aromatic heterocycles. The Morgan fingerprint density at radius 1 is 1.29 bits per heavy atom. The van der Waals surface area contributed by atoms with Crippen LogP contribution >= 0.6 is 15.9 Å². The second-order valence-corrected chi connectivity index (χ2v) is 3.09. The molecule has 0 bridgehead atoms. The number of carboxylic acid groups (broad SMARTS) is 2. The van der Waals surface area contributed by atoms with Crippen LogP contribution in [-0.2, 0) is 14.4 Å². The van der Waals surface area contributed by atoms with Crippen molar-refractivity contribution in [3.05, 3.63) is 0 Å². The van der Waals surface area contributed by atoms with Gasteiger partial charge in [0.05, 0.1) is 5.33 Å². The van der Waals surface area contributed by atoms with E-state index in [9.17, 15) is 14.4 Å². The van der Waals surface area contributed by atoms with E-state index in [1.165, 1.54) is 0 Å². The first kappa shape index (κ1) is 12.9. The number of nitrogens with one attached hydrogen (secondary N) is 1. The first-order chi connectivity index (χ1) is 6.47. The second-order valence-electron chi connectivity index (χ2n) is 2.52. The molecule has 0 aliphatic rings. The summed E-state index contributed by atoms with van der Waals surface area (Å²) in [6.45, 7) is 0. The zero-order valence-corrected chi connectivity index (χ0v) is 8.78. The predicted molar refractivity (Wildman–Crippen MR) is 50.2 cm³/mol. The lowest BCUT2D eigenvalue weighted by atomic mass is 10.1. The highest BCUT2D eigenvalue weighted by molar-refractivity contribution is 9.09. The molecule has 6 nitrogen and oxygen atoms in total. The van der Waals surface area contributed by atoms with Gasteiger partial charge in [0, 0.05) is 6.42 Å². The highest BCUT2D eigenvalue weighted by atomic mass is 79.9. The summed E-state index contributed by atoms with van der Waals surface area (Å²) in [7, 11) is 0. The lowest BCUT2D eigenvalue weighted by Gasteiger charge is -2.11. The van der Waals surface area contributed by atoms with Crippen LogP contribution in [0.2, 0.25) is 0 Å². The van der Waals surface area contributed by atoms with Gasteiger partial charge < -0.3 is 15.5 Å². The molecule has 0 aliphatic carbocycles. The van der Waals surface area contributed by atoms with Crippen LogP contribution in [-0.4, -0.2) is 39.4 Å². The van der Waals surface area contributed by atoms with Crippen molar-refractivity contribution in [2.75, 3.05) is 5.33 Å². The van der Waals surface area contributed by atoms with E-state index in [-0.39, 0.29) is 18.2 Å². The van der Waals surface area contributed by atoms with Crippen LogP contribution in [0.5, 0.6) is 0 Å². The molecule has 0 radical (unpaired) electrons. The summed E-state index contributed by atoms with van der Waals surface area (Å²) < 4.78 is 0. The summed E-state index contributed by atoms with van der Waals surface area (Å²) in [6, 6.07) is -1.14. The number of carbonyl (C=O) groups is 3. The third-order valence-electron chi connectivity index (χ3n) is 1.40. The number of amides is 1. The zero-order chi connectivity index (χ0) is 11.1. The number of rotatable bonds is 6. The first-order valence-electron chi connectivity index (χ1n) is 3.77. The van der Waals surface area contributed by atoms with E-state index < -0.39 is 23.9 Å². The Morgan fingerprint density at radius 2 is 1.86 bits per heavy atom. The molecule has 3 N–H and O–H groups in total. The van der Waals surface area contributed by atoms with E-state index in [2.05, 4.69) is 21.2 Å². The quantitative estimate of drug-likeness (QED) is 0.579. The van der Waals surface area contributed by atoms with E-state index in [0.717, 1.165) is 0 Å². The summed E-state index contributed by atoms with van der Waals surface area (Å²) in [5.74, 6) is -2.81. The van der Waals surface area contributed by atoms with E-state index in [4.69, 9.17) is 10.2 Å². The molecule has 0 saturated heterocycles. The van der Waals surface area contributed by atoms with Crippen LogP contribution in [0.15, 0.2) is 0 Å². The SMILES string of the molecule is O=C(O)CC[C@H](NC(=O)CBr)C(=O)O. The Hall–Kier alpha value is -1.11. The number of hydrogen-bond acceptors (Lipinski definition) is 3. The van der Waals surface area contributed by atoms with E-state index in [1.807, 2.05) is 0 Å². The number of hydrogen-bond donors (Lipinski definition) is 3. The zero-order valence-electron chi connectivity index (χ0n) is 7.20. The van der Waals surface area contributed by atoms with Crippen molar-refractivity contribution in [3.63, 3.8) is 0 Å². The molecule has 0 aliphatic heterocycles. The fourth-order valence-corrected chi connectivity index (χ4v) is 0.920. The second kappa shape index (κ2) is 6.36. The van der Waals surface area contributed by atoms with Gasteiger partial charge in [0.2, 0.25) is 5.91 Å². The van der Waals surface area contributed by atoms with Gasteiger partial charge in [-0.1, -0.05) is 15.9 Å². The maximum atomic E-state index is 10.8. The molecule has 14 heavy (non-hydrogen) atoms. The van der Waals surface area contributed by atoms with Gasteiger partial charge in [-0.15, -0.1) is 0 Å². The van der Waals surface area contributed by atoms with Gasteiger partial charge in [0.15, 0.2) is 0 Å². The number of carboxylic acids is 2. The van der Waals surface area contributed by atoms with Crippen molar-refractivity contribution in [1.82, 2.24) is 5.32 Å². The van der Waals surface area contributed by atoms with Crippen LogP contribution in [0.25, 0.3) is 0 Å². The van der Waals surface area contributed by atoms with Gasteiger partial charge in [-0.2, -0.15) is 0 Å². The Bertz CT molecular complexity index is 242. The van der Waals surface area contributed by atoms with Crippen LogP contribution < -0.4 is 5.32 Å². The van der Waals surface area contributed by atoms with Crippen molar-refractivity contribution in [1.29, 1.82) is 0 Å². The molecule has 1 atom stereocenters. The summed E-state index contributed by atoms with van der Waals surface area (Å²) in [5, 5.41) is 19.1. The van der Waals surface area contributed by atoms with E-state index in [0.29, 0.717) is 0 Å². The fraction of sp³-hybridized carbons (Fsp3) is 0.571. The molecule has 0 spiro atoms. The minimum atomic E-state index is -1.24. The molecule has 0 aromatic carbocycles. The molecule has 0 saturated carbocycles. The van der Waals surface area contributed by atoms with Crippen LogP contribution in [0.3, 0.4) is 0 Å². The van der Waals surface area contributed by atoms with Crippen LogP contribution in [0, 0.1) is 0 Å². The summed E-state index contributed by atoms with van der Waals surface area (Å²) in [4.78, 5) is 31.5. The normalized spacial score (nSPS) is 11.8. The van der Waals surface area contributed by atoms with Crippen molar-refractivity contribution in [2.24, 2.45) is 0 Å². The third-order valence-corrected chi connectivity index (χ3v) is 1.91. The predicted octanol–water partition coefficient (Wildman–Crippen LogP) is -0.185. The number of carbonyl (C=O) groups excluding carboxylic acids is 1. The molecular formula is C7H10BrNO5. The monoisotopic (exact) mass is 267 g/mol. The lowest BCUT2D eigenvalue weighted by Crippen LogP contribution is -2.41. The van der Waals surface area contributed by atoms with Crippen molar-refractivity contribution < 1.29 is 24.6 Å². The summed E-state index contributed by atoms with van der Waals surface area (Å²) in [6.07, 6.45) is -0.414. The molecular weight excluding hydrogens is 258 g/mol. The maximum absolute atomic E-state index is 10.8. The minimum absolute atomic E-state index is 0.0101. The van der Waals surface area contributed by atoms with Gasteiger partial charge in [-0.25, -0.2) is 4.79 Å². The average Bonchev–Trinajstić information content (AvgIpc) is 2.10. The largest absolute Gasteiger partial charge is 0.481 e. The minimum Gasteiger partial charge on any atom is -0.481 e. The molecule has 0 unspecified atom stereocenters. The molecule has 1 amide bonds. The third kappa shape index (κ3) is 5.52. The first-order valence-corrected chi connectivity index (χ1v) is 4.89. The summed E-state index contributed by atoms with van der Waals surface area (Å²) in [5.41, 5.74) is 0. The Balaban J connectivity index is 4.09. The topological polar surface area (TPSA) is 104 Å². The molecule has 7 heteroatoms. The summed E-state index contributed by atoms with van der Waals surface area (Å²) >= 11 is 2.85. The molecule has 80 valence electrons. The molecule has 0 fully saturated rings. The van der Waals surface area contributed by atoms with Gasteiger partial charge in [0.25, 0.3) is 0 Å². The standard InChI is InChI=1S/C7H10BrNO5/c8-3-5(10)9-4(7(13)14)1-2-6(11)12/h4H,1-3H2,(H,9,10)(H,11,12)(H,13,14)/t4-/m0/s1. The van der Waals surface area contributed by atoms with Gasteiger partial charge >= 0.3 is 11.9 Å². The van der Waals surface area contributed by atoms with Gasteiger partial charge in [-0.05, 0) is 6.42 Å². The van der Waals surface area contributed by atoms with Crippen molar-refractivity contribution in [3.8, 4) is 0 Å². The van der Waals surface area contributed by atoms with Crippen molar-refractivity contribution >= 4 is 33.8 Å². The smallest absolute Gasteiger partial charge is 0.326 e. The lowest BCUT2D eigenvalue weighted by molar-refractivity contribution is -0.142. The molecule has 0 rings (SSSR count). The Labute approximate surface area is 88.4 Å². The Kier molecular flexibility index (Phi) is 5.86. The van der Waals surface area contributed by atoms with Gasteiger partial charge in [0.1, 0.15) is 6.04 Å². The maximum Gasteiger partial charge on any atom is 0.326 e. The number of alkyl halides is 1. The van der Waals surface area contributed by atoms with Gasteiger partial charge in [-0.3, -0.25) is 9.59 Å². The molecule has 0 aromatic rings. The van der Waals surface area contributed by atoms with E-state index >= 15 is 0 Å². The van der Waals surface area contributed by atoms with Crippen LogP contribution in [0.4, 0.5) is 0 Å². The molecule has 0 heterocycles. The number of halogens is 1. The van der Waals surface area contributed by atoms with E-state index in [1.54, 1.807) is 0 Å².